The van der Waals surface area contributed by atoms with E-state index in [4.69, 9.17) is 4.74 Å². The molecule has 1 N–H and O–H groups in total. The van der Waals surface area contributed by atoms with E-state index in [2.05, 4.69) is 0 Å². The summed E-state index contributed by atoms with van der Waals surface area (Å²) in [4.78, 5) is 23.3. The summed E-state index contributed by atoms with van der Waals surface area (Å²) in [5, 5.41) is 10.5. The first-order valence-corrected chi connectivity index (χ1v) is 8.10. The van der Waals surface area contributed by atoms with Gasteiger partial charge in [-0.15, -0.1) is 0 Å². The van der Waals surface area contributed by atoms with E-state index in [-0.39, 0.29) is 17.5 Å². The minimum Gasteiger partial charge on any atom is -0.507 e. The lowest BCUT2D eigenvalue weighted by molar-refractivity contribution is -0.131. The smallest absolute Gasteiger partial charge is 0.308 e. The number of hydrogen-bond donors (Lipinski definition) is 1. The third-order valence-electron chi connectivity index (χ3n) is 4.43. The number of ether oxygens (including phenoxy) is 1. The monoisotopic (exact) mass is 324 g/mol. The van der Waals surface area contributed by atoms with E-state index in [1.807, 2.05) is 30.3 Å². The van der Waals surface area contributed by atoms with Crippen LogP contribution in [0.25, 0.3) is 0 Å². The normalized spacial score (nSPS) is 13.2. The number of phenolic OH excluding ortho intramolecular Hbond substituents is 1. The van der Waals surface area contributed by atoms with Crippen LogP contribution < -0.4 is 4.74 Å². The second-order valence-corrected chi connectivity index (χ2v) is 6.20. The molecule has 2 aromatic carbocycles. The van der Waals surface area contributed by atoms with Gasteiger partial charge in [0.2, 0.25) is 0 Å². The fraction of sp³-hybridized carbons (Fsp3) is 0.300. The van der Waals surface area contributed by atoms with Crippen molar-refractivity contribution in [1.82, 2.24) is 0 Å². The van der Waals surface area contributed by atoms with Crippen LogP contribution in [-0.4, -0.2) is 16.9 Å². The molecular formula is C20H20O4. The van der Waals surface area contributed by atoms with Crippen molar-refractivity contribution in [3.8, 4) is 11.5 Å². The maximum absolute atomic E-state index is 12.0. The number of aromatic hydroxyl groups is 1. The zero-order valence-corrected chi connectivity index (χ0v) is 13.9. The molecule has 124 valence electrons. The van der Waals surface area contributed by atoms with Crippen LogP contribution in [-0.2, 0) is 30.5 Å². The minimum atomic E-state index is -0.342. The molecule has 4 heteroatoms. The van der Waals surface area contributed by atoms with E-state index in [0.29, 0.717) is 37.0 Å². The van der Waals surface area contributed by atoms with Gasteiger partial charge in [-0.05, 0) is 60.9 Å². The number of carbonyl (C=O) groups is 2. The van der Waals surface area contributed by atoms with Crippen LogP contribution in [0.5, 0.6) is 11.5 Å². The van der Waals surface area contributed by atoms with Crippen molar-refractivity contribution in [1.29, 1.82) is 0 Å². The predicted molar refractivity (Wildman–Crippen MR) is 90.7 cm³/mol. The van der Waals surface area contributed by atoms with Crippen LogP contribution in [0, 0.1) is 0 Å². The summed E-state index contributed by atoms with van der Waals surface area (Å²) in [5.41, 5.74) is 3.98. The highest BCUT2D eigenvalue weighted by Crippen LogP contribution is 2.31. The van der Waals surface area contributed by atoms with Crippen LogP contribution in [0.1, 0.15) is 46.5 Å². The maximum atomic E-state index is 12.0. The van der Waals surface area contributed by atoms with Gasteiger partial charge < -0.3 is 9.84 Å². The Morgan fingerprint density at radius 3 is 2.25 bits per heavy atom. The number of aryl methyl sites for hydroxylation is 4. The van der Waals surface area contributed by atoms with Crippen LogP contribution in [0.2, 0.25) is 0 Å². The molecule has 0 aromatic heterocycles. The Morgan fingerprint density at radius 2 is 1.54 bits per heavy atom. The molecule has 0 atom stereocenters. The largest absolute Gasteiger partial charge is 0.507 e. The predicted octanol–water partition coefficient (Wildman–Crippen LogP) is 3.40. The molecule has 4 bridgehead atoms. The van der Waals surface area contributed by atoms with E-state index in [0.717, 1.165) is 22.3 Å². The molecule has 6 rings (SSSR count). The first-order chi connectivity index (χ1) is 11.5. The van der Waals surface area contributed by atoms with Crippen molar-refractivity contribution in [3.05, 3.63) is 58.1 Å². The Morgan fingerprint density at radius 1 is 0.917 bits per heavy atom. The van der Waals surface area contributed by atoms with Crippen molar-refractivity contribution >= 4 is 11.8 Å². The Labute approximate surface area is 141 Å². The van der Waals surface area contributed by atoms with Gasteiger partial charge in [0.1, 0.15) is 11.5 Å². The zero-order valence-electron chi connectivity index (χ0n) is 13.9. The summed E-state index contributed by atoms with van der Waals surface area (Å²) >= 11 is 0. The first-order valence-electron chi connectivity index (χ1n) is 8.10. The first kappa shape index (κ1) is 16.2. The fourth-order valence-corrected chi connectivity index (χ4v) is 3.24. The minimum absolute atomic E-state index is 0.0871. The lowest BCUT2D eigenvalue weighted by atomic mass is 9.91. The highest BCUT2D eigenvalue weighted by molar-refractivity contribution is 5.98. The molecule has 4 nitrogen and oxygen atoms in total. The molecule has 0 amide bonds. The number of ketones is 1. The van der Waals surface area contributed by atoms with E-state index >= 15 is 0 Å². The van der Waals surface area contributed by atoms with Gasteiger partial charge in [0.15, 0.2) is 5.78 Å². The standard InChI is InChI=1S/C20H20O4/c1-12(21)19-16-6-4-14-3-5-15(18(11-14)24-13(2)22)7-9-17(10-8-16)20(19)23/h3,5,8,10-11,23H,4,6-7,9H2,1-2H3. The third kappa shape index (κ3) is 3.18. The zero-order chi connectivity index (χ0) is 17.3. The van der Waals surface area contributed by atoms with Crippen LogP contribution in [0.4, 0.5) is 0 Å². The lowest BCUT2D eigenvalue weighted by Crippen LogP contribution is -2.09. The molecule has 0 fully saturated rings. The van der Waals surface area contributed by atoms with Gasteiger partial charge in [0.05, 0.1) is 5.56 Å². The number of Topliss-reactive ketones (excluding diaryl/α,β-unsaturated/α-hetero) is 1. The number of esters is 1. The van der Waals surface area contributed by atoms with Gasteiger partial charge in [0, 0.05) is 6.92 Å². The van der Waals surface area contributed by atoms with Crippen molar-refractivity contribution in [2.45, 2.75) is 39.5 Å². The molecule has 2 aromatic rings. The topological polar surface area (TPSA) is 63.6 Å². The molecule has 0 saturated heterocycles. The molecule has 0 heterocycles. The van der Waals surface area contributed by atoms with Gasteiger partial charge in [-0.2, -0.15) is 0 Å². The highest BCUT2D eigenvalue weighted by Gasteiger charge is 2.18. The van der Waals surface area contributed by atoms with Crippen molar-refractivity contribution in [2.75, 3.05) is 0 Å². The van der Waals surface area contributed by atoms with Gasteiger partial charge >= 0.3 is 5.97 Å². The molecule has 0 aliphatic heterocycles. The summed E-state index contributed by atoms with van der Waals surface area (Å²) in [6, 6.07) is 9.73. The molecule has 4 aliphatic rings. The van der Waals surface area contributed by atoms with Crippen molar-refractivity contribution in [3.63, 3.8) is 0 Å². The number of phenols is 1. The van der Waals surface area contributed by atoms with E-state index in [9.17, 15) is 14.7 Å². The van der Waals surface area contributed by atoms with E-state index in [1.54, 1.807) is 0 Å². The quantitative estimate of drug-likeness (QED) is 0.522. The Balaban J connectivity index is 2.06. The average Bonchev–Trinajstić information content (AvgIpc) is 2.50. The SMILES string of the molecule is CC(=O)Oc1cc2ccc1CCc1ccc(c(C(C)=O)c1O)CC2. The molecule has 0 unspecified atom stereocenters. The van der Waals surface area contributed by atoms with Crippen LogP contribution in [0.15, 0.2) is 30.3 Å². The third-order valence-corrected chi connectivity index (χ3v) is 4.43. The van der Waals surface area contributed by atoms with Gasteiger partial charge in [-0.25, -0.2) is 0 Å². The van der Waals surface area contributed by atoms with E-state index < -0.39 is 0 Å². The van der Waals surface area contributed by atoms with Gasteiger partial charge in [0.25, 0.3) is 0 Å². The summed E-state index contributed by atoms with van der Waals surface area (Å²) < 4.78 is 5.35. The van der Waals surface area contributed by atoms with E-state index in [1.165, 1.54) is 13.8 Å². The molecule has 0 saturated carbocycles. The number of benzene rings is 2. The number of rotatable bonds is 2. The van der Waals surface area contributed by atoms with Crippen molar-refractivity contribution in [2.24, 2.45) is 0 Å². The Bertz CT molecular complexity index is 821. The maximum Gasteiger partial charge on any atom is 0.308 e. The van der Waals surface area contributed by atoms with Crippen LogP contribution in [0.3, 0.4) is 0 Å². The van der Waals surface area contributed by atoms with Crippen molar-refractivity contribution < 1.29 is 19.4 Å². The summed E-state index contributed by atoms with van der Waals surface area (Å²) in [6.45, 7) is 2.88. The second-order valence-electron chi connectivity index (χ2n) is 6.20. The molecule has 4 aliphatic carbocycles. The molecule has 24 heavy (non-hydrogen) atoms. The number of carbonyl (C=O) groups excluding carboxylic acids is 2. The van der Waals surface area contributed by atoms with Gasteiger partial charge in [-0.3, -0.25) is 9.59 Å². The van der Waals surface area contributed by atoms with Gasteiger partial charge in [-0.1, -0.05) is 24.3 Å². The summed E-state index contributed by atoms with van der Waals surface area (Å²) in [6.07, 6.45) is 2.53. The summed E-state index contributed by atoms with van der Waals surface area (Å²) in [5.74, 6) is 0.215. The Hall–Kier alpha value is -2.62. The lowest BCUT2D eigenvalue weighted by Gasteiger charge is -2.17. The molecule has 0 radical (unpaired) electrons. The number of hydrogen-bond acceptors (Lipinski definition) is 4. The fourth-order valence-electron chi connectivity index (χ4n) is 3.24. The summed E-state index contributed by atoms with van der Waals surface area (Å²) in [7, 11) is 0. The molecule has 0 spiro atoms. The highest BCUT2D eigenvalue weighted by atomic mass is 16.5. The average molecular weight is 324 g/mol. The molecular weight excluding hydrogens is 304 g/mol. The second kappa shape index (κ2) is 6.48. The Kier molecular flexibility index (Phi) is 4.38. The van der Waals surface area contributed by atoms with Crippen LogP contribution >= 0.6 is 0 Å².